The van der Waals surface area contributed by atoms with Crippen molar-refractivity contribution in [2.24, 2.45) is 7.05 Å². The number of nitrogens with zero attached hydrogens (tertiary/aromatic N) is 5. The molecular weight excluding hydrogens is 292 g/mol. The van der Waals surface area contributed by atoms with Gasteiger partial charge in [0.1, 0.15) is 5.69 Å². The van der Waals surface area contributed by atoms with Crippen molar-refractivity contribution in [1.29, 1.82) is 0 Å². The van der Waals surface area contributed by atoms with E-state index in [2.05, 4.69) is 34.0 Å². The van der Waals surface area contributed by atoms with E-state index in [9.17, 15) is 4.79 Å². The van der Waals surface area contributed by atoms with E-state index in [-0.39, 0.29) is 5.91 Å². The zero-order valence-corrected chi connectivity index (χ0v) is 14.2. The molecule has 0 unspecified atom stereocenters. The van der Waals surface area contributed by atoms with E-state index < -0.39 is 0 Å². The Bertz CT molecular complexity index is 684. The van der Waals surface area contributed by atoms with Gasteiger partial charge in [0.05, 0.1) is 11.9 Å². The molecule has 0 bridgehead atoms. The first-order valence-corrected chi connectivity index (χ1v) is 7.98. The summed E-state index contributed by atoms with van der Waals surface area (Å²) in [5, 5.41) is 11.2. The third-order valence-corrected chi connectivity index (χ3v) is 4.60. The summed E-state index contributed by atoms with van der Waals surface area (Å²) in [7, 11) is 1.98. The number of aromatic amines is 1. The number of amides is 1. The molecule has 0 aromatic carbocycles. The molecule has 3 rings (SSSR count). The van der Waals surface area contributed by atoms with Crippen molar-refractivity contribution in [3.63, 3.8) is 0 Å². The molecule has 2 aromatic rings. The fourth-order valence-corrected chi connectivity index (χ4v) is 3.10. The molecule has 1 amide bonds. The lowest BCUT2D eigenvalue weighted by Gasteiger charge is -2.39. The number of hydrogen-bond donors (Lipinski definition) is 1. The average Bonchev–Trinajstić information content (AvgIpc) is 3.09. The van der Waals surface area contributed by atoms with Gasteiger partial charge in [0, 0.05) is 45.0 Å². The largest absolute Gasteiger partial charge is 0.334 e. The first-order chi connectivity index (χ1) is 11.0. The van der Waals surface area contributed by atoms with Gasteiger partial charge >= 0.3 is 0 Å². The number of rotatable bonds is 3. The smallest absolute Gasteiger partial charge is 0.274 e. The third kappa shape index (κ3) is 3.14. The van der Waals surface area contributed by atoms with Crippen LogP contribution in [0.3, 0.4) is 0 Å². The molecule has 0 radical (unpaired) electrons. The minimum Gasteiger partial charge on any atom is -0.334 e. The predicted molar refractivity (Wildman–Crippen MR) is 87.0 cm³/mol. The fraction of sp³-hybridized carbons (Fsp3) is 0.562. The summed E-state index contributed by atoms with van der Waals surface area (Å²) in [6, 6.07) is 2.11. The Morgan fingerprint density at radius 2 is 2.17 bits per heavy atom. The van der Waals surface area contributed by atoms with Crippen LogP contribution in [-0.2, 0) is 13.6 Å². The van der Waals surface area contributed by atoms with E-state index in [4.69, 9.17) is 0 Å². The van der Waals surface area contributed by atoms with Gasteiger partial charge < -0.3 is 4.90 Å². The summed E-state index contributed by atoms with van der Waals surface area (Å²) >= 11 is 0. The van der Waals surface area contributed by atoms with Crippen LogP contribution in [0.15, 0.2) is 12.3 Å². The van der Waals surface area contributed by atoms with Crippen LogP contribution in [0.2, 0.25) is 0 Å². The molecule has 7 heteroatoms. The quantitative estimate of drug-likeness (QED) is 0.921. The minimum atomic E-state index is 0.0116. The highest BCUT2D eigenvalue weighted by molar-refractivity contribution is 5.92. The Hall–Kier alpha value is -2.15. The number of carbonyl (C=O) groups excluding carboxylic acids is 1. The van der Waals surface area contributed by atoms with Crippen molar-refractivity contribution in [3.05, 3.63) is 34.9 Å². The molecule has 0 spiro atoms. The maximum Gasteiger partial charge on any atom is 0.274 e. The van der Waals surface area contributed by atoms with Gasteiger partial charge in [-0.3, -0.25) is 19.5 Å². The highest BCUT2D eigenvalue weighted by atomic mass is 16.2. The van der Waals surface area contributed by atoms with Gasteiger partial charge in [-0.15, -0.1) is 0 Å². The molecule has 0 aliphatic carbocycles. The number of hydrogen-bond acceptors (Lipinski definition) is 4. The fourth-order valence-electron chi connectivity index (χ4n) is 3.10. The minimum absolute atomic E-state index is 0.0116. The molecule has 7 nitrogen and oxygen atoms in total. The van der Waals surface area contributed by atoms with E-state index in [0.717, 1.165) is 31.9 Å². The summed E-state index contributed by atoms with van der Waals surface area (Å²) in [6.07, 6.45) is 1.90. The number of nitrogens with one attached hydrogen (secondary N) is 1. The molecule has 1 saturated heterocycles. The number of carbonyl (C=O) groups is 1. The molecule has 1 aliphatic heterocycles. The first-order valence-electron chi connectivity index (χ1n) is 7.98. The predicted octanol–water partition coefficient (Wildman–Crippen LogP) is 1.11. The van der Waals surface area contributed by atoms with E-state index in [1.54, 1.807) is 6.07 Å². The van der Waals surface area contributed by atoms with Crippen LogP contribution >= 0.6 is 0 Å². The van der Waals surface area contributed by atoms with E-state index in [1.807, 2.05) is 29.7 Å². The SMILES string of the molecule is Cc1cc(C(=O)N2CCN(Cc3c(C)cnn3C)[C@H](C)C2)n[nH]1. The Morgan fingerprint density at radius 1 is 1.39 bits per heavy atom. The lowest BCUT2D eigenvalue weighted by Crippen LogP contribution is -2.53. The van der Waals surface area contributed by atoms with Crippen molar-refractivity contribution >= 4 is 5.91 Å². The Morgan fingerprint density at radius 3 is 2.74 bits per heavy atom. The van der Waals surface area contributed by atoms with Crippen molar-refractivity contribution in [1.82, 2.24) is 29.8 Å². The molecule has 0 saturated carbocycles. The standard InChI is InChI=1S/C16H24N6O/c1-11-8-17-20(4)15(11)10-21-5-6-22(9-13(21)3)16(23)14-7-12(2)18-19-14/h7-8,13H,5-6,9-10H2,1-4H3,(H,18,19)/t13-/m1/s1. The topological polar surface area (TPSA) is 70.1 Å². The van der Waals surface area contributed by atoms with Crippen molar-refractivity contribution in [2.45, 2.75) is 33.4 Å². The van der Waals surface area contributed by atoms with Gasteiger partial charge in [-0.1, -0.05) is 0 Å². The summed E-state index contributed by atoms with van der Waals surface area (Å²) in [5.74, 6) is 0.0116. The zero-order valence-electron chi connectivity index (χ0n) is 14.2. The van der Waals surface area contributed by atoms with E-state index >= 15 is 0 Å². The second-order valence-electron chi connectivity index (χ2n) is 6.40. The van der Waals surface area contributed by atoms with Crippen molar-refractivity contribution < 1.29 is 4.79 Å². The molecule has 1 aliphatic rings. The normalized spacial score (nSPS) is 19.3. The van der Waals surface area contributed by atoms with Crippen LogP contribution in [0.25, 0.3) is 0 Å². The molecule has 1 fully saturated rings. The van der Waals surface area contributed by atoms with Gasteiger partial charge in [0.2, 0.25) is 0 Å². The van der Waals surface area contributed by atoms with Gasteiger partial charge in [0.25, 0.3) is 5.91 Å². The molecule has 3 heterocycles. The second kappa shape index (κ2) is 6.16. The lowest BCUT2D eigenvalue weighted by atomic mass is 10.1. The van der Waals surface area contributed by atoms with Gasteiger partial charge in [-0.2, -0.15) is 10.2 Å². The first kappa shape index (κ1) is 15.7. The van der Waals surface area contributed by atoms with Crippen LogP contribution in [-0.4, -0.2) is 61.4 Å². The zero-order chi connectivity index (χ0) is 16.6. The van der Waals surface area contributed by atoms with Crippen LogP contribution in [0, 0.1) is 13.8 Å². The number of H-pyrrole nitrogens is 1. The lowest BCUT2D eigenvalue weighted by molar-refractivity contribution is 0.0483. The maximum atomic E-state index is 12.5. The molecule has 124 valence electrons. The van der Waals surface area contributed by atoms with Crippen molar-refractivity contribution in [2.75, 3.05) is 19.6 Å². The van der Waals surface area contributed by atoms with Crippen LogP contribution in [0.5, 0.6) is 0 Å². The van der Waals surface area contributed by atoms with Crippen LogP contribution in [0.4, 0.5) is 0 Å². The Kier molecular flexibility index (Phi) is 4.21. The summed E-state index contributed by atoms with van der Waals surface area (Å²) < 4.78 is 1.94. The number of aryl methyl sites for hydroxylation is 3. The van der Waals surface area contributed by atoms with E-state index in [0.29, 0.717) is 11.7 Å². The molecule has 23 heavy (non-hydrogen) atoms. The molecule has 1 atom stereocenters. The highest BCUT2D eigenvalue weighted by Gasteiger charge is 2.29. The van der Waals surface area contributed by atoms with Gasteiger partial charge in [-0.25, -0.2) is 0 Å². The molecular formula is C16H24N6O. The Balaban J connectivity index is 1.64. The van der Waals surface area contributed by atoms with Crippen LogP contribution in [0.1, 0.15) is 34.4 Å². The highest BCUT2D eigenvalue weighted by Crippen LogP contribution is 2.17. The molecule has 2 aromatic heterocycles. The maximum absolute atomic E-state index is 12.5. The summed E-state index contributed by atoms with van der Waals surface area (Å²) in [6.45, 7) is 9.34. The number of aromatic nitrogens is 4. The Labute approximate surface area is 136 Å². The van der Waals surface area contributed by atoms with Crippen molar-refractivity contribution in [3.8, 4) is 0 Å². The average molecular weight is 316 g/mol. The van der Waals surface area contributed by atoms with Gasteiger partial charge in [-0.05, 0) is 32.4 Å². The second-order valence-corrected chi connectivity index (χ2v) is 6.40. The van der Waals surface area contributed by atoms with Gasteiger partial charge in [0.15, 0.2) is 0 Å². The summed E-state index contributed by atoms with van der Waals surface area (Å²) in [5.41, 5.74) is 3.86. The number of piperazine rings is 1. The summed E-state index contributed by atoms with van der Waals surface area (Å²) in [4.78, 5) is 16.8. The van der Waals surface area contributed by atoms with Crippen LogP contribution < -0.4 is 0 Å². The third-order valence-electron chi connectivity index (χ3n) is 4.60. The monoisotopic (exact) mass is 316 g/mol. The molecule has 1 N–H and O–H groups in total. The van der Waals surface area contributed by atoms with E-state index in [1.165, 1.54) is 11.3 Å².